The third-order valence-electron chi connectivity index (χ3n) is 3.01. The standard InChI is InChI=1S/C15H8ClF3N4OS2/c16-8-1-4-10(5-2-8)25-14-12(22-23-26-14)13(24)21-9-3-6-11(20-7-9)15(17,18)19/h1-7H,(H,21,24). The van der Waals surface area contributed by atoms with Crippen molar-refractivity contribution in [1.82, 2.24) is 14.6 Å². The van der Waals surface area contributed by atoms with Gasteiger partial charge in [0.15, 0.2) is 5.69 Å². The predicted molar refractivity (Wildman–Crippen MR) is 92.7 cm³/mol. The fourth-order valence-corrected chi connectivity index (χ4v) is 3.62. The number of pyridine rings is 1. The maximum Gasteiger partial charge on any atom is 0.433 e. The molecular weight excluding hydrogens is 409 g/mol. The number of halogens is 4. The molecule has 3 aromatic rings. The van der Waals surface area contributed by atoms with Gasteiger partial charge in [0.25, 0.3) is 5.91 Å². The lowest BCUT2D eigenvalue weighted by Gasteiger charge is -2.07. The molecule has 0 unspecified atom stereocenters. The number of benzene rings is 1. The monoisotopic (exact) mass is 416 g/mol. The molecule has 2 aromatic heterocycles. The lowest BCUT2D eigenvalue weighted by Crippen LogP contribution is -2.14. The van der Waals surface area contributed by atoms with Crippen LogP contribution in [0.4, 0.5) is 18.9 Å². The minimum atomic E-state index is -4.54. The molecule has 0 saturated carbocycles. The maximum atomic E-state index is 12.5. The Kier molecular flexibility index (Phi) is 5.44. The number of rotatable bonds is 4. The number of aromatic nitrogens is 3. The number of alkyl halides is 3. The van der Waals surface area contributed by atoms with Gasteiger partial charge in [0.05, 0.1) is 11.9 Å². The average molecular weight is 417 g/mol. The quantitative estimate of drug-likeness (QED) is 0.647. The molecule has 0 fully saturated rings. The molecule has 0 spiro atoms. The fourth-order valence-electron chi connectivity index (χ4n) is 1.82. The summed E-state index contributed by atoms with van der Waals surface area (Å²) in [6.07, 6.45) is -3.60. The van der Waals surface area contributed by atoms with Crippen molar-refractivity contribution in [1.29, 1.82) is 0 Å². The average Bonchev–Trinajstić information content (AvgIpc) is 3.05. The highest BCUT2D eigenvalue weighted by atomic mass is 35.5. The van der Waals surface area contributed by atoms with Gasteiger partial charge in [-0.05, 0) is 47.9 Å². The van der Waals surface area contributed by atoms with Gasteiger partial charge in [-0.2, -0.15) is 13.2 Å². The Hall–Kier alpha value is -2.17. The summed E-state index contributed by atoms with van der Waals surface area (Å²) >= 11 is 8.15. The predicted octanol–water partition coefficient (Wildman–Crippen LogP) is 5.01. The number of amides is 1. The largest absolute Gasteiger partial charge is 0.433 e. The fraction of sp³-hybridized carbons (Fsp3) is 0.0667. The van der Waals surface area contributed by atoms with Crippen LogP contribution in [0.25, 0.3) is 0 Å². The van der Waals surface area contributed by atoms with Crippen molar-refractivity contribution < 1.29 is 18.0 Å². The van der Waals surface area contributed by atoms with Gasteiger partial charge in [-0.1, -0.05) is 27.9 Å². The van der Waals surface area contributed by atoms with Crippen LogP contribution in [-0.4, -0.2) is 20.5 Å². The Bertz CT molecular complexity index is 914. The van der Waals surface area contributed by atoms with Crippen LogP contribution < -0.4 is 5.32 Å². The molecule has 5 nitrogen and oxygen atoms in total. The van der Waals surface area contributed by atoms with Crippen molar-refractivity contribution in [3.8, 4) is 0 Å². The number of hydrogen-bond acceptors (Lipinski definition) is 6. The Morgan fingerprint density at radius 2 is 1.88 bits per heavy atom. The molecule has 1 N–H and O–H groups in total. The summed E-state index contributed by atoms with van der Waals surface area (Å²) in [5, 5.41) is 6.84. The number of hydrogen-bond donors (Lipinski definition) is 1. The smallest absolute Gasteiger partial charge is 0.319 e. The second kappa shape index (κ2) is 7.60. The first kappa shape index (κ1) is 18.6. The number of anilines is 1. The lowest BCUT2D eigenvalue weighted by molar-refractivity contribution is -0.141. The zero-order chi connectivity index (χ0) is 18.7. The molecule has 0 aliphatic heterocycles. The summed E-state index contributed by atoms with van der Waals surface area (Å²) in [5.41, 5.74) is -0.835. The Labute approximate surface area is 158 Å². The number of nitrogens with zero attached hydrogens (tertiary/aromatic N) is 3. The second-order valence-electron chi connectivity index (χ2n) is 4.85. The molecule has 3 rings (SSSR count). The van der Waals surface area contributed by atoms with Gasteiger partial charge < -0.3 is 5.32 Å². The molecule has 0 aliphatic rings. The zero-order valence-corrected chi connectivity index (χ0v) is 15.0. The van der Waals surface area contributed by atoms with Crippen LogP contribution in [0.1, 0.15) is 16.2 Å². The summed E-state index contributed by atoms with van der Waals surface area (Å²) in [5.74, 6) is -0.586. The van der Waals surface area contributed by atoms with Crippen LogP contribution in [0.3, 0.4) is 0 Å². The number of carbonyl (C=O) groups excluding carboxylic acids is 1. The summed E-state index contributed by atoms with van der Waals surface area (Å²) in [7, 11) is 0. The molecule has 1 amide bonds. The van der Waals surface area contributed by atoms with Crippen molar-refractivity contribution in [2.75, 3.05) is 5.32 Å². The van der Waals surface area contributed by atoms with E-state index in [-0.39, 0.29) is 11.4 Å². The Morgan fingerprint density at radius 3 is 2.50 bits per heavy atom. The van der Waals surface area contributed by atoms with Crippen LogP contribution in [0, 0.1) is 0 Å². The molecule has 0 saturated heterocycles. The highest BCUT2D eigenvalue weighted by molar-refractivity contribution is 8.01. The summed E-state index contributed by atoms with van der Waals surface area (Å²) in [6, 6.07) is 8.91. The third-order valence-corrected chi connectivity index (χ3v) is 5.14. The Balaban J connectivity index is 1.73. The summed E-state index contributed by atoms with van der Waals surface area (Å²) in [6.45, 7) is 0. The van der Waals surface area contributed by atoms with Crippen molar-refractivity contribution in [3.05, 3.63) is 59.0 Å². The van der Waals surface area contributed by atoms with E-state index in [1.807, 2.05) is 0 Å². The van der Waals surface area contributed by atoms with Gasteiger partial charge in [0.2, 0.25) is 0 Å². The minimum Gasteiger partial charge on any atom is -0.319 e. The van der Waals surface area contributed by atoms with Crippen LogP contribution >= 0.6 is 34.9 Å². The van der Waals surface area contributed by atoms with Crippen molar-refractivity contribution in [3.63, 3.8) is 0 Å². The molecule has 134 valence electrons. The van der Waals surface area contributed by atoms with Crippen LogP contribution in [-0.2, 0) is 6.18 Å². The highest BCUT2D eigenvalue weighted by Gasteiger charge is 2.32. The van der Waals surface area contributed by atoms with E-state index in [0.29, 0.717) is 9.23 Å². The summed E-state index contributed by atoms with van der Waals surface area (Å²) < 4.78 is 41.8. The van der Waals surface area contributed by atoms with Crippen molar-refractivity contribution in [2.24, 2.45) is 0 Å². The highest BCUT2D eigenvalue weighted by Crippen LogP contribution is 2.33. The van der Waals surface area contributed by atoms with E-state index in [0.717, 1.165) is 34.8 Å². The van der Waals surface area contributed by atoms with E-state index < -0.39 is 17.8 Å². The maximum absolute atomic E-state index is 12.5. The van der Waals surface area contributed by atoms with Gasteiger partial charge in [0.1, 0.15) is 9.90 Å². The molecule has 0 radical (unpaired) electrons. The zero-order valence-electron chi connectivity index (χ0n) is 12.6. The molecule has 1 aromatic carbocycles. The number of carbonyl (C=O) groups is 1. The van der Waals surface area contributed by atoms with Gasteiger partial charge in [-0.3, -0.25) is 4.79 Å². The van der Waals surface area contributed by atoms with Gasteiger partial charge in [0, 0.05) is 9.92 Å². The molecule has 0 aliphatic carbocycles. The first-order chi connectivity index (χ1) is 12.3. The molecule has 11 heteroatoms. The normalized spacial score (nSPS) is 11.4. The Morgan fingerprint density at radius 1 is 1.15 bits per heavy atom. The van der Waals surface area contributed by atoms with E-state index in [9.17, 15) is 18.0 Å². The van der Waals surface area contributed by atoms with Crippen LogP contribution in [0.5, 0.6) is 0 Å². The minimum absolute atomic E-state index is 0.0786. The van der Waals surface area contributed by atoms with Gasteiger partial charge >= 0.3 is 6.18 Å². The van der Waals surface area contributed by atoms with Gasteiger partial charge in [-0.25, -0.2) is 4.98 Å². The van der Waals surface area contributed by atoms with Gasteiger partial charge in [-0.15, -0.1) is 5.10 Å². The first-order valence-electron chi connectivity index (χ1n) is 6.93. The number of nitrogens with one attached hydrogen (secondary N) is 1. The van der Waals surface area contributed by atoms with Crippen LogP contribution in [0.15, 0.2) is 51.7 Å². The summed E-state index contributed by atoms with van der Waals surface area (Å²) in [4.78, 5) is 16.5. The van der Waals surface area contributed by atoms with E-state index >= 15 is 0 Å². The SMILES string of the molecule is O=C(Nc1ccc(C(F)(F)F)nc1)c1nnsc1Sc1ccc(Cl)cc1. The molecular formula is C15H8ClF3N4OS2. The van der Waals surface area contributed by atoms with E-state index in [1.54, 1.807) is 24.3 Å². The van der Waals surface area contributed by atoms with Crippen molar-refractivity contribution >= 4 is 46.5 Å². The molecule has 26 heavy (non-hydrogen) atoms. The van der Waals surface area contributed by atoms with E-state index in [1.165, 1.54) is 11.8 Å². The molecule has 2 heterocycles. The van der Waals surface area contributed by atoms with E-state index in [4.69, 9.17) is 11.6 Å². The van der Waals surface area contributed by atoms with Crippen molar-refractivity contribution in [2.45, 2.75) is 15.3 Å². The third kappa shape index (κ3) is 4.51. The lowest BCUT2D eigenvalue weighted by atomic mass is 10.3. The first-order valence-corrected chi connectivity index (χ1v) is 8.90. The topological polar surface area (TPSA) is 67.8 Å². The molecule has 0 bridgehead atoms. The van der Waals surface area contributed by atoms with E-state index in [2.05, 4.69) is 19.9 Å². The van der Waals surface area contributed by atoms with Crippen LogP contribution in [0.2, 0.25) is 5.02 Å². The second-order valence-corrected chi connectivity index (χ2v) is 7.38. The molecule has 0 atom stereocenters.